The van der Waals surface area contributed by atoms with Crippen LogP contribution in [0.5, 0.6) is 0 Å². The molecule has 0 aliphatic carbocycles. The Hall–Kier alpha value is 1.19. The Labute approximate surface area is 63.5 Å². The zero-order valence-corrected chi connectivity index (χ0v) is 6.25. The second-order valence-corrected chi connectivity index (χ2v) is 0. The normalized spacial score (nSPS) is 0. The van der Waals surface area contributed by atoms with Gasteiger partial charge in [0, 0.05) is 0 Å². The maximum atomic E-state index is 0. The second kappa shape index (κ2) is 118. The molecule has 0 unspecified atom stereocenters. The van der Waals surface area contributed by atoms with Crippen molar-refractivity contribution in [3.63, 3.8) is 0 Å². The molecule has 4 N–H and O–H groups in total. The van der Waals surface area contributed by atoms with Crippen molar-refractivity contribution in [2.24, 2.45) is 0 Å². The van der Waals surface area contributed by atoms with Crippen molar-refractivity contribution in [1.82, 2.24) is 0 Å². The van der Waals surface area contributed by atoms with Gasteiger partial charge in [0.2, 0.25) is 0 Å². The summed E-state index contributed by atoms with van der Waals surface area (Å²) in [4.78, 5) is 0. The molecular formula is H4O4PdPt. The molecule has 0 aliphatic rings. The first-order valence-corrected chi connectivity index (χ1v) is 0. The standard InChI is InChI=1S/4H2O.Pd.Pt/h4*1H2;;/q;;;;2*+2/p-4. The zero-order valence-electron chi connectivity index (χ0n) is 2.42. The van der Waals surface area contributed by atoms with Gasteiger partial charge in [-0.3, -0.25) is 0 Å². The van der Waals surface area contributed by atoms with Crippen molar-refractivity contribution in [2.75, 3.05) is 0 Å². The van der Waals surface area contributed by atoms with Gasteiger partial charge in [-0.2, -0.15) is 0 Å². The Bertz CT molecular complexity index is 7.51. The molecular weight excluding hydrogens is 365 g/mol. The second-order valence-electron chi connectivity index (χ2n) is 0. The Kier molecular flexibility index (Phi) is 3810. The van der Waals surface area contributed by atoms with E-state index in [0.717, 1.165) is 0 Å². The van der Waals surface area contributed by atoms with Crippen molar-refractivity contribution in [1.29, 1.82) is 0 Å². The van der Waals surface area contributed by atoms with Crippen molar-refractivity contribution in [3.8, 4) is 0 Å². The van der Waals surface area contributed by atoms with Gasteiger partial charge in [0.05, 0.1) is 0 Å². The van der Waals surface area contributed by atoms with E-state index < -0.39 is 0 Å². The van der Waals surface area contributed by atoms with E-state index in [0.29, 0.717) is 0 Å². The number of rotatable bonds is 0. The summed E-state index contributed by atoms with van der Waals surface area (Å²) in [5, 5.41) is 0. The molecule has 6 heavy (non-hydrogen) atoms. The quantitative estimate of drug-likeness (QED) is 0.524. The number of hydrogen-bond donors (Lipinski definition) is 0. The molecule has 0 saturated heterocycles. The fraction of sp³-hybridized carbons (Fsp3) is 0. The van der Waals surface area contributed by atoms with E-state index >= 15 is 0 Å². The van der Waals surface area contributed by atoms with Crippen LogP contribution in [0, 0.1) is 0 Å². The monoisotopic (exact) mass is 369 g/mol. The van der Waals surface area contributed by atoms with E-state index in [-0.39, 0.29) is 63.4 Å². The van der Waals surface area contributed by atoms with Crippen LogP contribution in [0.1, 0.15) is 0 Å². The molecule has 0 aromatic carbocycles. The van der Waals surface area contributed by atoms with Gasteiger partial charge in [-0.05, 0) is 0 Å². The summed E-state index contributed by atoms with van der Waals surface area (Å²) in [6, 6.07) is 0. The molecule has 0 rings (SSSR count). The maximum Gasteiger partial charge on any atom is 2.00 e. The van der Waals surface area contributed by atoms with Crippen LogP contribution in [0.25, 0.3) is 0 Å². The molecule has 0 heterocycles. The van der Waals surface area contributed by atoms with Crippen molar-refractivity contribution >= 4 is 0 Å². The average Bonchev–Trinajstić information content (AvgIpc) is 0. The van der Waals surface area contributed by atoms with E-state index in [1.54, 1.807) is 0 Å². The molecule has 48 valence electrons. The van der Waals surface area contributed by atoms with E-state index in [2.05, 4.69) is 0 Å². The largest absolute Gasteiger partial charge is 2.00 e. The molecule has 0 amide bonds. The minimum Gasteiger partial charge on any atom is -0.870 e. The van der Waals surface area contributed by atoms with Crippen LogP contribution in [0.4, 0.5) is 0 Å². The van der Waals surface area contributed by atoms with Gasteiger partial charge in [0.25, 0.3) is 0 Å². The Balaban J connectivity index is 0. The molecule has 0 fully saturated rings. The fourth-order valence-electron chi connectivity index (χ4n) is 0. The van der Waals surface area contributed by atoms with Crippen LogP contribution in [-0.2, 0) is 41.5 Å². The summed E-state index contributed by atoms with van der Waals surface area (Å²) < 4.78 is 0. The summed E-state index contributed by atoms with van der Waals surface area (Å²) >= 11 is 0. The molecule has 6 heteroatoms. The number of hydrogen-bond acceptors (Lipinski definition) is 4. The van der Waals surface area contributed by atoms with E-state index in [4.69, 9.17) is 0 Å². The predicted molar refractivity (Wildman–Crippen MR) is 7.74 cm³/mol. The van der Waals surface area contributed by atoms with Gasteiger partial charge in [-0.25, -0.2) is 0 Å². The first kappa shape index (κ1) is 194. The van der Waals surface area contributed by atoms with Gasteiger partial charge in [-0.15, -0.1) is 0 Å². The van der Waals surface area contributed by atoms with Crippen LogP contribution in [0.3, 0.4) is 0 Å². The smallest absolute Gasteiger partial charge is 0.870 e. The van der Waals surface area contributed by atoms with Gasteiger partial charge in [-0.1, -0.05) is 0 Å². The molecule has 0 saturated carbocycles. The summed E-state index contributed by atoms with van der Waals surface area (Å²) in [5.41, 5.74) is 0. The molecule has 0 spiro atoms. The third-order valence-electron chi connectivity index (χ3n) is 0. The minimum absolute atomic E-state index is 0. The third kappa shape index (κ3) is 64.3. The predicted octanol–water partition coefficient (Wildman–Crippen LogP) is -0.712. The third-order valence-corrected chi connectivity index (χ3v) is 0. The molecule has 0 aromatic rings. The van der Waals surface area contributed by atoms with Crippen molar-refractivity contribution < 1.29 is 63.4 Å². The summed E-state index contributed by atoms with van der Waals surface area (Å²) in [5.74, 6) is 0. The first-order valence-electron chi connectivity index (χ1n) is 0. The average molecular weight is 370 g/mol. The van der Waals surface area contributed by atoms with Crippen molar-refractivity contribution in [3.05, 3.63) is 0 Å². The Morgan fingerprint density at radius 1 is 0.500 bits per heavy atom. The molecule has 0 aromatic heterocycles. The molecule has 0 bridgehead atoms. The van der Waals surface area contributed by atoms with Crippen molar-refractivity contribution in [2.45, 2.75) is 0 Å². The zero-order chi connectivity index (χ0) is 0. The molecule has 0 aliphatic heterocycles. The maximum absolute atomic E-state index is 0. The molecule has 0 radical (unpaired) electrons. The van der Waals surface area contributed by atoms with Gasteiger partial charge < -0.3 is 21.9 Å². The van der Waals surface area contributed by atoms with Crippen LogP contribution < -0.4 is 0 Å². The minimum atomic E-state index is 0. The summed E-state index contributed by atoms with van der Waals surface area (Å²) in [6.07, 6.45) is 0. The first-order chi connectivity index (χ1) is 0. The Morgan fingerprint density at radius 2 is 0.500 bits per heavy atom. The Morgan fingerprint density at radius 3 is 0.500 bits per heavy atom. The van der Waals surface area contributed by atoms with E-state index in [1.807, 2.05) is 0 Å². The van der Waals surface area contributed by atoms with Crippen LogP contribution in [0.15, 0.2) is 0 Å². The van der Waals surface area contributed by atoms with E-state index in [9.17, 15) is 0 Å². The summed E-state index contributed by atoms with van der Waals surface area (Å²) in [6.45, 7) is 0. The molecule has 0 atom stereocenters. The van der Waals surface area contributed by atoms with Crippen LogP contribution >= 0.6 is 0 Å². The topological polar surface area (TPSA) is 120 Å². The van der Waals surface area contributed by atoms with E-state index in [1.165, 1.54) is 0 Å². The fourth-order valence-corrected chi connectivity index (χ4v) is 0. The summed E-state index contributed by atoms with van der Waals surface area (Å²) in [7, 11) is 0. The van der Waals surface area contributed by atoms with Crippen LogP contribution in [0.2, 0.25) is 0 Å². The van der Waals surface area contributed by atoms with Gasteiger partial charge in [0.1, 0.15) is 0 Å². The van der Waals surface area contributed by atoms with Gasteiger partial charge >= 0.3 is 41.5 Å². The van der Waals surface area contributed by atoms with Crippen LogP contribution in [-0.4, -0.2) is 21.9 Å². The van der Waals surface area contributed by atoms with Gasteiger partial charge in [0.15, 0.2) is 0 Å². The SMILES string of the molecule is [OH-].[OH-].[OH-].[OH-].[Pd+2].[Pt+2]. The molecule has 4 nitrogen and oxygen atoms in total.